The molecule has 7 unspecified atom stereocenters. The van der Waals surface area contributed by atoms with Crippen LogP contribution in [0, 0.1) is 29.6 Å². The first-order chi connectivity index (χ1) is 8.08. The Bertz CT molecular complexity index is 325. The monoisotopic (exact) mass is 238 g/mol. The minimum absolute atomic E-state index is 0.140. The highest BCUT2D eigenvalue weighted by atomic mass is 16.6. The van der Waals surface area contributed by atoms with E-state index in [-0.39, 0.29) is 12.1 Å². The second-order valence-electron chi connectivity index (χ2n) is 6.34. The summed E-state index contributed by atoms with van der Waals surface area (Å²) < 4.78 is 5.22. The third-order valence-corrected chi connectivity index (χ3v) is 5.68. The van der Waals surface area contributed by atoms with Gasteiger partial charge in [-0.1, -0.05) is 13.8 Å². The number of hydrogen-bond donors (Lipinski definition) is 1. The number of esters is 1. The third-order valence-electron chi connectivity index (χ3n) is 5.68. The van der Waals surface area contributed by atoms with E-state index in [4.69, 9.17) is 4.74 Å². The quantitative estimate of drug-likeness (QED) is 0.748. The van der Waals surface area contributed by atoms with Crippen molar-refractivity contribution in [1.82, 2.24) is 0 Å². The number of rotatable bonds is 2. The Morgan fingerprint density at radius 3 is 2.59 bits per heavy atom. The van der Waals surface area contributed by atoms with Gasteiger partial charge in [0.1, 0.15) is 6.10 Å². The molecule has 17 heavy (non-hydrogen) atoms. The summed E-state index contributed by atoms with van der Waals surface area (Å²) in [7, 11) is 0. The fourth-order valence-corrected chi connectivity index (χ4v) is 4.45. The van der Waals surface area contributed by atoms with Crippen LogP contribution >= 0.6 is 0 Å². The van der Waals surface area contributed by atoms with E-state index in [1.165, 1.54) is 6.42 Å². The molecule has 3 aliphatic rings. The highest BCUT2D eigenvalue weighted by Gasteiger charge is 2.52. The summed E-state index contributed by atoms with van der Waals surface area (Å²) >= 11 is 0. The Balaban J connectivity index is 1.68. The molecular formula is C14H22O3. The highest BCUT2D eigenvalue weighted by Crippen LogP contribution is 2.56. The van der Waals surface area contributed by atoms with E-state index in [1.807, 2.05) is 0 Å². The smallest absolute Gasteiger partial charge is 0.306 e. The van der Waals surface area contributed by atoms with Gasteiger partial charge in [-0.2, -0.15) is 0 Å². The molecule has 1 heterocycles. The summed E-state index contributed by atoms with van der Waals surface area (Å²) in [5.41, 5.74) is 0. The van der Waals surface area contributed by atoms with E-state index in [9.17, 15) is 9.90 Å². The first-order valence-electron chi connectivity index (χ1n) is 6.95. The van der Waals surface area contributed by atoms with E-state index >= 15 is 0 Å². The molecule has 0 aromatic rings. The average Bonchev–Trinajstić information content (AvgIpc) is 2.96. The molecule has 2 saturated carbocycles. The molecule has 0 spiro atoms. The van der Waals surface area contributed by atoms with Crippen LogP contribution in [-0.4, -0.2) is 23.3 Å². The van der Waals surface area contributed by atoms with Gasteiger partial charge in [0.05, 0.1) is 6.10 Å². The Labute approximate surface area is 103 Å². The van der Waals surface area contributed by atoms with Crippen LogP contribution < -0.4 is 0 Å². The van der Waals surface area contributed by atoms with Crippen molar-refractivity contribution in [3.8, 4) is 0 Å². The standard InChI is InChI=1S/C14H22O3/c1-7-8(2)10-5-9(7)6-11(10)14(16)12-3-4-13(15)17-12/h7-12,14,16H,3-6H2,1-2H3. The van der Waals surface area contributed by atoms with Gasteiger partial charge in [0.2, 0.25) is 0 Å². The lowest BCUT2D eigenvalue weighted by Crippen LogP contribution is -2.39. The zero-order valence-corrected chi connectivity index (χ0v) is 10.6. The van der Waals surface area contributed by atoms with Crippen molar-refractivity contribution in [3.63, 3.8) is 0 Å². The maximum atomic E-state index is 11.1. The lowest BCUT2D eigenvalue weighted by atomic mass is 9.72. The number of fused-ring (bicyclic) bond motifs is 2. The van der Waals surface area contributed by atoms with Gasteiger partial charge < -0.3 is 9.84 Å². The topological polar surface area (TPSA) is 46.5 Å². The Morgan fingerprint density at radius 1 is 1.29 bits per heavy atom. The normalized spacial score (nSPS) is 50.6. The number of hydrogen-bond acceptors (Lipinski definition) is 3. The third kappa shape index (κ3) is 1.70. The minimum atomic E-state index is -0.425. The molecule has 1 saturated heterocycles. The number of aliphatic hydroxyl groups is 1. The van der Waals surface area contributed by atoms with E-state index in [1.54, 1.807) is 0 Å². The summed E-state index contributed by atoms with van der Waals surface area (Å²) in [5.74, 6) is 3.16. The second-order valence-corrected chi connectivity index (χ2v) is 6.34. The van der Waals surface area contributed by atoms with Crippen molar-refractivity contribution < 1.29 is 14.6 Å². The van der Waals surface area contributed by atoms with Gasteiger partial charge >= 0.3 is 5.97 Å². The first kappa shape index (κ1) is 11.5. The molecule has 0 amide bonds. The predicted molar refractivity (Wildman–Crippen MR) is 63.2 cm³/mol. The fraction of sp³-hybridized carbons (Fsp3) is 0.929. The lowest BCUT2D eigenvalue weighted by Gasteiger charge is -2.36. The van der Waals surface area contributed by atoms with Gasteiger partial charge in [-0.25, -0.2) is 0 Å². The molecule has 3 heteroatoms. The van der Waals surface area contributed by atoms with E-state index in [0.29, 0.717) is 30.6 Å². The largest absolute Gasteiger partial charge is 0.460 e. The molecule has 0 aromatic heterocycles. The van der Waals surface area contributed by atoms with Crippen LogP contribution in [0.15, 0.2) is 0 Å². The molecule has 2 bridgehead atoms. The number of carbonyl (C=O) groups is 1. The maximum Gasteiger partial charge on any atom is 0.306 e. The molecule has 2 aliphatic carbocycles. The Hall–Kier alpha value is -0.570. The zero-order chi connectivity index (χ0) is 12.2. The van der Waals surface area contributed by atoms with Gasteiger partial charge in [0.25, 0.3) is 0 Å². The van der Waals surface area contributed by atoms with Gasteiger partial charge in [-0.3, -0.25) is 4.79 Å². The minimum Gasteiger partial charge on any atom is -0.460 e. The van der Waals surface area contributed by atoms with Crippen LogP contribution in [0.5, 0.6) is 0 Å². The van der Waals surface area contributed by atoms with Gasteiger partial charge in [-0.15, -0.1) is 0 Å². The average molecular weight is 238 g/mol. The maximum absolute atomic E-state index is 11.1. The molecule has 3 fully saturated rings. The first-order valence-corrected chi connectivity index (χ1v) is 6.95. The highest BCUT2D eigenvalue weighted by molar-refractivity contribution is 5.71. The van der Waals surface area contributed by atoms with Gasteiger partial charge in [0.15, 0.2) is 0 Å². The Kier molecular flexibility index (Phi) is 2.69. The summed E-state index contributed by atoms with van der Waals surface area (Å²) in [5, 5.41) is 10.4. The van der Waals surface area contributed by atoms with Crippen LogP contribution in [0.25, 0.3) is 0 Å². The van der Waals surface area contributed by atoms with Crippen molar-refractivity contribution in [2.45, 2.75) is 51.7 Å². The van der Waals surface area contributed by atoms with Crippen LogP contribution in [0.3, 0.4) is 0 Å². The van der Waals surface area contributed by atoms with E-state index < -0.39 is 6.10 Å². The molecular weight excluding hydrogens is 216 g/mol. The molecule has 1 aliphatic heterocycles. The number of aliphatic hydroxyl groups excluding tert-OH is 1. The zero-order valence-electron chi connectivity index (χ0n) is 10.6. The van der Waals surface area contributed by atoms with Crippen LogP contribution in [0.4, 0.5) is 0 Å². The number of ether oxygens (including phenoxy) is 1. The molecule has 1 N–H and O–H groups in total. The Morgan fingerprint density at radius 2 is 2.06 bits per heavy atom. The second kappa shape index (κ2) is 3.98. The van der Waals surface area contributed by atoms with Crippen LogP contribution in [-0.2, 0) is 9.53 Å². The summed E-state index contributed by atoms with van der Waals surface area (Å²) in [6, 6.07) is 0. The van der Waals surface area contributed by atoms with Crippen LogP contribution in [0.1, 0.15) is 39.5 Å². The molecule has 0 radical (unpaired) electrons. The predicted octanol–water partition coefficient (Wildman–Crippen LogP) is 1.98. The van der Waals surface area contributed by atoms with Gasteiger partial charge in [-0.05, 0) is 48.9 Å². The van der Waals surface area contributed by atoms with Crippen molar-refractivity contribution in [3.05, 3.63) is 0 Å². The molecule has 7 atom stereocenters. The SMILES string of the molecule is CC1C2CC(C1C)C(C(O)C1CCC(=O)O1)C2. The fourth-order valence-electron chi connectivity index (χ4n) is 4.45. The van der Waals surface area contributed by atoms with Crippen molar-refractivity contribution in [2.24, 2.45) is 29.6 Å². The summed E-state index contributed by atoms with van der Waals surface area (Å²) in [6.45, 7) is 4.66. The number of carbonyl (C=O) groups excluding carboxylic acids is 1. The summed E-state index contributed by atoms with van der Waals surface area (Å²) in [4.78, 5) is 11.1. The van der Waals surface area contributed by atoms with Crippen molar-refractivity contribution in [2.75, 3.05) is 0 Å². The summed E-state index contributed by atoms with van der Waals surface area (Å²) in [6.07, 6.45) is 2.93. The van der Waals surface area contributed by atoms with Crippen LogP contribution in [0.2, 0.25) is 0 Å². The van der Waals surface area contributed by atoms with Crippen molar-refractivity contribution in [1.29, 1.82) is 0 Å². The molecule has 96 valence electrons. The number of cyclic esters (lactones) is 1. The van der Waals surface area contributed by atoms with Crippen molar-refractivity contribution >= 4 is 5.97 Å². The molecule has 3 rings (SSSR count). The van der Waals surface area contributed by atoms with E-state index in [0.717, 1.165) is 18.3 Å². The van der Waals surface area contributed by atoms with E-state index in [2.05, 4.69) is 13.8 Å². The molecule has 3 nitrogen and oxygen atoms in total. The molecule has 0 aromatic carbocycles. The lowest BCUT2D eigenvalue weighted by molar-refractivity contribution is -0.148. The van der Waals surface area contributed by atoms with Gasteiger partial charge in [0, 0.05) is 6.42 Å².